The second-order valence-corrected chi connectivity index (χ2v) is 6.44. The first-order valence-corrected chi connectivity index (χ1v) is 7.80. The molecular weight excluding hydrogens is 280 g/mol. The first kappa shape index (κ1) is 16.6. The highest BCUT2D eigenvalue weighted by Gasteiger charge is 2.19. The number of carbonyl (C=O) groups is 1. The van der Waals surface area contributed by atoms with Gasteiger partial charge in [0, 0.05) is 18.2 Å². The van der Waals surface area contributed by atoms with Crippen molar-refractivity contribution in [2.24, 2.45) is 5.73 Å². The molecule has 1 amide bonds. The molecule has 0 saturated heterocycles. The summed E-state index contributed by atoms with van der Waals surface area (Å²) in [6, 6.07) is 3.96. The summed E-state index contributed by atoms with van der Waals surface area (Å²) in [6.07, 6.45) is 1.05. The van der Waals surface area contributed by atoms with Crippen molar-refractivity contribution in [2.45, 2.75) is 37.6 Å². The fraction of sp³-hybridized carbons (Fsp3) is 0.462. The minimum atomic E-state index is -3.70. The largest absolute Gasteiger partial charge is 0.396 e. The molecule has 0 aliphatic carbocycles. The van der Waals surface area contributed by atoms with Crippen molar-refractivity contribution in [3.05, 3.63) is 29.3 Å². The molecule has 6 nitrogen and oxygen atoms in total. The molecule has 7 heteroatoms. The average Bonchev–Trinajstić information content (AvgIpc) is 2.35. The van der Waals surface area contributed by atoms with Crippen LogP contribution in [-0.4, -0.2) is 32.1 Å². The van der Waals surface area contributed by atoms with Crippen LogP contribution in [0.25, 0.3) is 0 Å². The van der Waals surface area contributed by atoms with Crippen molar-refractivity contribution >= 4 is 15.9 Å². The zero-order valence-corrected chi connectivity index (χ0v) is 12.4. The highest BCUT2D eigenvalue weighted by Crippen LogP contribution is 2.16. The highest BCUT2D eigenvalue weighted by atomic mass is 32.2. The molecule has 0 aliphatic rings. The number of aliphatic hydroxyl groups excluding tert-OH is 1. The van der Waals surface area contributed by atoms with Gasteiger partial charge >= 0.3 is 0 Å². The van der Waals surface area contributed by atoms with Crippen LogP contribution >= 0.6 is 0 Å². The van der Waals surface area contributed by atoms with E-state index in [1.807, 2.05) is 0 Å². The predicted molar refractivity (Wildman–Crippen MR) is 75.8 cm³/mol. The molecule has 0 saturated carbocycles. The van der Waals surface area contributed by atoms with Crippen molar-refractivity contribution < 1.29 is 18.3 Å². The van der Waals surface area contributed by atoms with E-state index in [0.717, 1.165) is 0 Å². The predicted octanol–water partition coefficient (Wildman–Crippen LogP) is 0.533. The molecule has 1 rings (SSSR count). The molecule has 1 unspecified atom stereocenters. The lowest BCUT2D eigenvalue weighted by molar-refractivity contribution is 0.0999. The van der Waals surface area contributed by atoms with Crippen LogP contribution in [0.2, 0.25) is 0 Å². The van der Waals surface area contributed by atoms with Crippen LogP contribution in [0.15, 0.2) is 23.1 Å². The number of amides is 1. The molecule has 4 N–H and O–H groups in total. The number of sulfonamides is 1. The van der Waals surface area contributed by atoms with Crippen LogP contribution in [0.5, 0.6) is 0 Å². The SMILES string of the molecule is Cc1ccc(S(=O)(=O)NC(C)CCCO)cc1C(N)=O. The van der Waals surface area contributed by atoms with E-state index in [1.165, 1.54) is 12.1 Å². The molecule has 0 aliphatic heterocycles. The summed E-state index contributed by atoms with van der Waals surface area (Å²) >= 11 is 0. The van der Waals surface area contributed by atoms with Crippen LogP contribution in [0, 0.1) is 6.92 Å². The van der Waals surface area contributed by atoms with Crippen LogP contribution in [0.1, 0.15) is 35.7 Å². The summed E-state index contributed by atoms with van der Waals surface area (Å²) in [4.78, 5) is 11.3. The number of carbonyl (C=O) groups excluding carboxylic acids is 1. The van der Waals surface area contributed by atoms with Gasteiger partial charge in [0.15, 0.2) is 0 Å². The Morgan fingerprint density at radius 1 is 1.45 bits per heavy atom. The normalized spacial score (nSPS) is 13.2. The van der Waals surface area contributed by atoms with Gasteiger partial charge in [0.25, 0.3) is 0 Å². The lowest BCUT2D eigenvalue weighted by Crippen LogP contribution is -2.33. The quantitative estimate of drug-likeness (QED) is 0.682. The first-order valence-electron chi connectivity index (χ1n) is 6.31. The van der Waals surface area contributed by atoms with E-state index >= 15 is 0 Å². The fourth-order valence-electron chi connectivity index (χ4n) is 1.82. The Hall–Kier alpha value is -1.44. The second kappa shape index (κ2) is 6.83. The van der Waals surface area contributed by atoms with Crippen LogP contribution < -0.4 is 10.5 Å². The molecular formula is C13H20N2O4S. The lowest BCUT2D eigenvalue weighted by atomic mass is 10.1. The first-order chi connectivity index (χ1) is 9.27. The van der Waals surface area contributed by atoms with Crippen LogP contribution in [0.3, 0.4) is 0 Å². The maximum Gasteiger partial charge on any atom is 0.249 e. The molecule has 0 bridgehead atoms. The molecule has 0 fully saturated rings. The highest BCUT2D eigenvalue weighted by molar-refractivity contribution is 7.89. The second-order valence-electron chi connectivity index (χ2n) is 4.73. The topological polar surface area (TPSA) is 109 Å². The Morgan fingerprint density at radius 2 is 2.10 bits per heavy atom. The summed E-state index contributed by atoms with van der Waals surface area (Å²) in [5.74, 6) is -0.659. The number of nitrogens with one attached hydrogen (secondary N) is 1. The summed E-state index contributed by atoms with van der Waals surface area (Å²) < 4.78 is 26.8. The van der Waals surface area contributed by atoms with Gasteiger partial charge in [-0.1, -0.05) is 6.07 Å². The molecule has 0 spiro atoms. The van der Waals surface area contributed by atoms with Crippen molar-refractivity contribution in [1.82, 2.24) is 4.72 Å². The van der Waals surface area contributed by atoms with Crippen molar-refractivity contribution in [3.63, 3.8) is 0 Å². The number of rotatable bonds is 7. The molecule has 0 heterocycles. The smallest absolute Gasteiger partial charge is 0.249 e. The molecule has 112 valence electrons. The monoisotopic (exact) mass is 300 g/mol. The number of aryl methyl sites for hydroxylation is 1. The minimum Gasteiger partial charge on any atom is -0.396 e. The van der Waals surface area contributed by atoms with Crippen molar-refractivity contribution in [3.8, 4) is 0 Å². The fourth-order valence-corrected chi connectivity index (χ4v) is 3.13. The van der Waals surface area contributed by atoms with Gasteiger partial charge in [-0.25, -0.2) is 13.1 Å². The Labute approximate surface area is 119 Å². The molecule has 0 aromatic heterocycles. The van der Waals surface area contributed by atoms with E-state index in [9.17, 15) is 13.2 Å². The summed E-state index contributed by atoms with van der Waals surface area (Å²) in [5.41, 5.74) is 6.03. The van der Waals surface area contributed by atoms with Gasteiger partial charge in [-0.3, -0.25) is 4.79 Å². The van der Waals surface area contributed by atoms with Crippen molar-refractivity contribution in [2.75, 3.05) is 6.61 Å². The summed E-state index contributed by atoms with van der Waals surface area (Å²) in [7, 11) is -3.70. The third kappa shape index (κ3) is 4.29. The van der Waals surface area contributed by atoms with Gasteiger partial charge in [-0.15, -0.1) is 0 Å². The Kier molecular flexibility index (Phi) is 5.67. The lowest BCUT2D eigenvalue weighted by Gasteiger charge is -2.14. The molecule has 1 atom stereocenters. The van der Waals surface area contributed by atoms with E-state index in [4.69, 9.17) is 10.8 Å². The number of benzene rings is 1. The minimum absolute atomic E-state index is 0.00717. The van der Waals surface area contributed by atoms with Crippen LogP contribution in [0.4, 0.5) is 0 Å². The van der Waals surface area contributed by atoms with Gasteiger partial charge in [0.1, 0.15) is 0 Å². The van der Waals surface area contributed by atoms with E-state index in [-0.39, 0.29) is 23.1 Å². The molecule has 1 aromatic carbocycles. The van der Waals surface area contributed by atoms with Crippen LogP contribution in [-0.2, 0) is 10.0 Å². The number of nitrogens with two attached hydrogens (primary N) is 1. The maximum atomic E-state index is 12.2. The van der Waals surface area contributed by atoms with Crippen molar-refractivity contribution in [1.29, 1.82) is 0 Å². The standard InChI is InChI=1S/C13H20N2O4S/c1-9-5-6-11(8-12(9)13(14)17)20(18,19)15-10(2)4-3-7-16/h5-6,8,10,15-16H,3-4,7H2,1-2H3,(H2,14,17). The number of primary amides is 1. The van der Waals surface area contributed by atoms with Gasteiger partial charge in [0.05, 0.1) is 4.90 Å². The third-order valence-corrected chi connectivity index (χ3v) is 4.52. The van der Waals surface area contributed by atoms with Gasteiger partial charge in [0.2, 0.25) is 15.9 Å². The van der Waals surface area contributed by atoms with E-state index in [2.05, 4.69) is 4.72 Å². The van der Waals surface area contributed by atoms with E-state index in [1.54, 1.807) is 19.9 Å². The Morgan fingerprint density at radius 3 is 2.65 bits per heavy atom. The molecule has 0 radical (unpaired) electrons. The third-order valence-electron chi connectivity index (χ3n) is 2.94. The van der Waals surface area contributed by atoms with E-state index < -0.39 is 15.9 Å². The van der Waals surface area contributed by atoms with E-state index in [0.29, 0.717) is 18.4 Å². The number of hydrogen-bond acceptors (Lipinski definition) is 4. The molecule has 1 aromatic rings. The number of hydrogen-bond donors (Lipinski definition) is 3. The molecule has 20 heavy (non-hydrogen) atoms. The Bertz CT molecular complexity index is 584. The zero-order valence-electron chi connectivity index (χ0n) is 11.6. The Balaban J connectivity index is 2.98. The van der Waals surface area contributed by atoms with Gasteiger partial charge in [-0.2, -0.15) is 0 Å². The summed E-state index contributed by atoms with van der Waals surface area (Å²) in [6.45, 7) is 3.42. The number of aliphatic hydroxyl groups is 1. The van der Waals surface area contributed by atoms with Gasteiger partial charge in [-0.05, 0) is 44.4 Å². The summed E-state index contributed by atoms with van der Waals surface area (Å²) in [5, 5.41) is 8.73. The van der Waals surface area contributed by atoms with Gasteiger partial charge < -0.3 is 10.8 Å². The maximum absolute atomic E-state index is 12.2. The zero-order chi connectivity index (χ0) is 15.3. The average molecular weight is 300 g/mol.